The molecular weight excluding hydrogens is 467 g/mol. The lowest BCUT2D eigenvalue weighted by atomic mass is 10.1. The van der Waals surface area contributed by atoms with Gasteiger partial charge in [-0.1, -0.05) is 24.3 Å². The van der Waals surface area contributed by atoms with Gasteiger partial charge in [0.15, 0.2) is 0 Å². The first-order valence-corrected chi connectivity index (χ1v) is 12.2. The molecule has 0 atom stereocenters. The second kappa shape index (κ2) is 9.50. The van der Waals surface area contributed by atoms with Crippen molar-refractivity contribution in [1.29, 1.82) is 0 Å². The minimum absolute atomic E-state index is 0.0822. The lowest BCUT2D eigenvalue weighted by Gasteiger charge is -2.36. The number of hydrogen-bond donors (Lipinski definition) is 0. The van der Waals surface area contributed by atoms with E-state index in [4.69, 9.17) is 4.74 Å². The van der Waals surface area contributed by atoms with Crippen molar-refractivity contribution in [3.63, 3.8) is 0 Å². The molecule has 4 aromatic rings. The molecule has 2 aromatic carbocycles. The van der Waals surface area contributed by atoms with Crippen LogP contribution in [0, 0.1) is 12.7 Å². The number of carbonyl (C=O) groups is 1. The Morgan fingerprint density at radius 3 is 2.63 bits per heavy atom. The van der Waals surface area contributed by atoms with Crippen LogP contribution in [-0.4, -0.2) is 53.6 Å². The molecule has 2 aromatic heterocycles. The van der Waals surface area contributed by atoms with Crippen LogP contribution in [0.1, 0.15) is 20.8 Å². The summed E-state index contributed by atoms with van der Waals surface area (Å²) in [5.41, 5.74) is 2.11. The van der Waals surface area contributed by atoms with E-state index < -0.39 is 0 Å². The Hall–Kier alpha value is -3.72. The molecule has 0 aliphatic carbocycles. The molecule has 0 bridgehead atoms. The molecular formula is C26H25FN4O3S. The fourth-order valence-corrected chi connectivity index (χ4v) is 5.60. The van der Waals surface area contributed by atoms with Crippen LogP contribution in [-0.2, 0) is 6.54 Å². The smallest absolute Gasteiger partial charge is 0.264 e. The lowest BCUT2D eigenvalue weighted by Crippen LogP contribution is -2.48. The van der Waals surface area contributed by atoms with Gasteiger partial charge in [-0.3, -0.25) is 14.2 Å². The number of para-hydroxylation sites is 2. The average Bonchev–Trinajstić information content (AvgIpc) is 3.22. The first-order valence-electron chi connectivity index (χ1n) is 11.4. The highest BCUT2D eigenvalue weighted by atomic mass is 32.1. The number of halogens is 1. The molecule has 0 spiro atoms. The summed E-state index contributed by atoms with van der Waals surface area (Å²) in [5.74, 6) is 0.379. The Morgan fingerprint density at radius 1 is 1.11 bits per heavy atom. The Bertz CT molecular complexity index is 1460. The maximum absolute atomic E-state index is 13.6. The molecule has 1 saturated heterocycles. The molecule has 180 valence electrons. The van der Waals surface area contributed by atoms with Gasteiger partial charge in [-0.25, -0.2) is 9.37 Å². The highest BCUT2D eigenvalue weighted by molar-refractivity contribution is 7.20. The average molecular weight is 493 g/mol. The van der Waals surface area contributed by atoms with Gasteiger partial charge in [0.2, 0.25) is 0 Å². The molecule has 0 N–H and O–H groups in total. The van der Waals surface area contributed by atoms with Crippen LogP contribution in [0.15, 0.2) is 59.7 Å². The van der Waals surface area contributed by atoms with Gasteiger partial charge < -0.3 is 14.5 Å². The minimum atomic E-state index is -0.352. The number of methoxy groups -OCH3 is 1. The van der Waals surface area contributed by atoms with Crippen LogP contribution >= 0.6 is 11.3 Å². The Labute approximate surface area is 206 Å². The second-order valence-corrected chi connectivity index (χ2v) is 9.49. The van der Waals surface area contributed by atoms with Gasteiger partial charge in [-0.05, 0) is 42.3 Å². The number of rotatable bonds is 5. The zero-order valence-corrected chi connectivity index (χ0v) is 20.3. The van der Waals surface area contributed by atoms with Gasteiger partial charge in [0.05, 0.1) is 35.9 Å². The van der Waals surface area contributed by atoms with Crippen LogP contribution in [0.3, 0.4) is 0 Å². The molecule has 5 rings (SSSR count). The van der Waals surface area contributed by atoms with E-state index in [0.717, 1.165) is 11.4 Å². The van der Waals surface area contributed by atoms with Crippen molar-refractivity contribution in [2.45, 2.75) is 13.5 Å². The van der Waals surface area contributed by atoms with E-state index in [2.05, 4.69) is 9.88 Å². The van der Waals surface area contributed by atoms with E-state index in [9.17, 15) is 14.0 Å². The van der Waals surface area contributed by atoms with Crippen LogP contribution in [0.4, 0.5) is 10.1 Å². The van der Waals surface area contributed by atoms with Crippen LogP contribution in [0.2, 0.25) is 0 Å². The van der Waals surface area contributed by atoms with Crippen LogP contribution in [0.5, 0.6) is 5.75 Å². The summed E-state index contributed by atoms with van der Waals surface area (Å²) in [7, 11) is 1.66. The minimum Gasteiger partial charge on any atom is -0.495 e. The van der Waals surface area contributed by atoms with Crippen molar-refractivity contribution in [3.8, 4) is 5.75 Å². The van der Waals surface area contributed by atoms with Gasteiger partial charge in [0, 0.05) is 26.2 Å². The number of hydrogen-bond acceptors (Lipinski definition) is 6. The molecule has 1 aliphatic rings. The topological polar surface area (TPSA) is 67.7 Å². The van der Waals surface area contributed by atoms with Crippen molar-refractivity contribution in [2.24, 2.45) is 0 Å². The maximum atomic E-state index is 13.6. The Morgan fingerprint density at radius 2 is 1.89 bits per heavy atom. The number of nitrogens with zero attached hydrogens (tertiary/aromatic N) is 4. The fourth-order valence-electron chi connectivity index (χ4n) is 4.49. The number of ether oxygens (including phenoxy) is 1. The Balaban J connectivity index is 1.36. The summed E-state index contributed by atoms with van der Waals surface area (Å²) in [6, 6.07) is 14.0. The number of aromatic nitrogens is 2. The zero-order chi connectivity index (χ0) is 24.5. The highest BCUT2D eigenvalue weighted by Gasteiger charge is 2.27. The largest absolute Gasteiger partial charge is 0.495 e. The summed E-state index contributed by atoms with van der Waals surface area (Å²) in [4.78, 5) is 36.2. The number of thiophene rings is 1. The molecule has 7 nitrogen and oxygen atoms in total. The molecule has 35 heavy (non-hydrogen) atoms. The van der Waals surface area contributed by atoms with E-state index in [1.54, 1.807) is 26.2 Å². The first kappa shape index (κ1) is 23.0. The molecule has 1 amide bonds. The normalized spacial score (nSPS) is 13.9. The highest BCUT2D eigenvalue weighted by Crippen LogP contribution is 2.31. The van der Waals surface area contributed by atoms with E-state index in [-0.39, 0.29) is 23.8 Å². The molecule has 1 fully saturated rings. The van der Waals surface area contributed by atoms with E-state index in [1.807, 2.05) is 29.2 Å². The number of piperazine rings is 1. The van der Waals surface area contributed by atoms with Gasteiger partial charge >= 0.3 is 0 Å². The number of anilines is 1. The number of carbonyl (C=O) groups excluding carboxylic acids is 1. The number of amides is 1. The SMILES string of the molecule is COc1ccccc1N1CCN(C(=O)c2sc3ncn(Cc4cccc(F)c4)c(=O)c3c2C)CC1. The first-order chi connectivity index (χ1) is 17.0. The molecule has 9 heteroatoms. The number of fused-ring (bicyclic) bond motifs is 1. The summed E-state index contributed by atoms with van der Waals surface area (Å²) in [6.07, 6.45) is 1.46. The number of benzene rings is 2. The molecule has 0 unspecified atom stereocenters. The van der Waals surface area contributed by atoms with E-state index in [1.165, 1.54) is 34.4 Å². The van der Waals surface area contributed by atoms with Gasteiger partial charge in [-0.2, -0.15) is 0 Å². The van der Waals surface area contributed by atoms with Gasteiger partial charge in [0.25, 0.3) is 11.5 Å². The predicted octanol–water partition coefficient (Wildman–Crippen LogP) is 3.92. The third kappa shape index (κ3) is 4.39. The third-order valence-electron chi connectivity index (χ3n) is 6.35. The summed E-state index contributed by atoms with van der Waals surface area (Å²) < 4.78 is 20.5. The molecule has 0 saturated carbocycles. The number of aryl methyl sites for hydroxylation is 1. The van der Waals surface area contributed by atoms with Gasteiger partial charge in [-0.15, -0.1) is 11.3 Å². The molecule has 0 radical (unpaired) electrons. The Kier molecular flexibility index (Phi) is 6.25. The summed E-state index contributed by atoms with van der Waals surface area (Å²) in [5, 5.41) is 0.449. The summed E-state index contributed by atoms with van der Waals surface area (Å²) >= 11 is 1.25. The molecule has 3 heterocycles. The van der Waals surface area contributed by atoms with Crippen LogP contribution in [0.25, 0.3) is 10.2 Å². The van der Waals surface area contributed by atoms with E-state index >= 15 is 0 Å². The second-order valence-electron chi connectivity index (χ2n) is 8.49. The van der Waals surface area contributed by atoms with Crippen molar-refractivity contribution >= 4 is 33.1 Å². The standard InChI is InChI=1S/C26H25FN4O3S/c1-17-22-24(28-16-31(25(22)32)15-18-6-5-7-19(27)14-18)35-23(17)26(33)30-12-10-29(11-13-30)20-8-3-4-9-21(20)34-2/h3-9,14,16H,10-13,15H2,1-2H3. The van der Waals surface area contributed by atoms with Crippen molar-refractivity contribution < 1.29 is 13.9 Å². The lowest BCUT2D eigenvalue weighted by molar-refractivity contribution is 0.0751. The summed E-state index contributed by atoms with van der Waals surface area (Å²) in [6.45, 7) is 4.53. The van der Waals surface area contributed by atoms with Crippen molar-refractivity contribution in [3.05, 3.63) is 87.0 Å². The van der Waals surface area contributed by atoms with Crippen molar-refractivity contribution in [1.82, 2.24) is 14.5 Å². The third-order valence-corrected chi connectivity index (χ3v) is 7.53. The van der Waals surface area contributed by atoms with Crippen molar-refractivity contribution in [2.75, 3.05) is 38.2 Å². The molecule has 1 aliphatic heterocycles. The predicted molar refractivity (Wildman–Crippen MR) is 135 cm³/mol. The maximum Gasteiger partial charge on any atom is 0.264 e. The monoisotopic (exact) mass is 492 g/mol. The quantitative estimate of drug-likeness (QED) is 0.422. The zero-order valence-electron chi connectivity index (χ0n) is 19.5. The fraction of sp³-hybridized carbons (Fsp3) is 0.269. The van der Waals surface area contributed by atoms with E-state index in [0.29, 0.717) is 52.4 Å². The van der Waals surface area contributed by atoms with Crippen LogP contribution < -0.4 is 15.2 Å². The van der Waals surface area contributed by atoms with Gasteiger partial charge in [0.1, 0.15) is 16.4 Å².